The average Bonchev–Trinajstić information content (AvgIpc) is 2.96. The van der Waals surface area contributed by atoms with E-state index in [2.05, 4.69) is 35.5 Å². The number of carbonyl (C=O) groups is 1. The van der Waals surface area contributed by atoms with Gasteiger partial charge in [-0.3, -0.25) is 4.79 Å². The van der Waals surface area contributed by atoms with Gasteiger partial charge in [0, 0.05) is 38.3 Å². The number of benzene rings is 1. The van der Waals surface area contributed by atoms with Gasteiger partial charge in [-0.2, -0.15) is 0 Å². The van der Waals surface area contributed by atoms with Crippen molar-refractivity contribution in [3.05, 3.63) is 29.3 Å². The number of hydrogen-bond donors (Lipinski definition) is 2. The van der Waals surface area contributed by atoms with Crippen molar-refractivity contribution < 1.29 is 9.90 Å². The third kappa shape index (κ3) is 1.77. The van der Waals surface area contributed by atoms with Crippen molar-refractivity contribution in [1.29, 1.82) is 0 Å². The molecular formula is C14H18N2O2. The van der Waals surface area contributed by atoms with Crippen LogP contribution in [0.25, 0.3) is 0 Å². The number of hydrogen-bond acceptors (Lipinski definition) is 3. The molecule has 1 fully saturated rings. The molecule has 1 aromatic rings. The highest BCUT2D eigenvalue weighted by Crippen LogP contribution is 2.34. The molecule has 2 unspecified atom stereocenters. The zero-order valence-electron chi connectivity index (χ0n) is 10.5. The van der Waals surface area contributed by atoms with Crippen LogP contribution in [0.1, 0.15) is 17.0 Å². The normalized spacial score (nSPS) is 26.4. The molecule has 2 heterocycles. The van der Waals surface area contributed by atoms with Gasteiger partial charge in [0.05, 0.1) is 5.92 Å². The number of nitrogens with one attached hydrogen (secondary N) is 1. The second-order valence-electron chi connectivity index (χ2n) is 5.27. The van der Waals surface area contributed by atoms with E-state index in [9.17, 15) is 9.90 Å². The van der Waals surface area contributed by atoms with Gasteiger partial charge in [-0.25, -0.2) is 0 Å². The summed E-state index contributed by atoms with van der Waals surface area (Å²) >= 11 is 0. The molecule has 2 aliphatic heterocycles. The minimum Gasteiger partial charge on any atom is -0.481 e. The SMILES string of the molecule is CN1CCc2cc(C3CNCC3C(=O)O)ccc21. The van der Waals surface area contributed by atoms with Crippen molar-refractivity contribution in [2.45, 2.75) is 12.3 Å². The number of likely N-dealkylation sites (N-methyl/N-ethyl adjacent to an activating group) is 1. The average molecular weight is 246 g/mol. The number of nitrogens with zero attached hydrogens (tertiary/aromatic N) is 1. The summed E-state index contributed by atoms with van der Waals surface area (Å²) in [4.78, 5) is 13.5. The number of aliphatic carboxylic acids is 1. The highest BCUT2D eigenvalue weighted by atomic mass is 16.4. The van der Waals surface area contributed by atoms with Crippen molar-refractivity contribution in [2.75, 3.05) is 31.6 Å². The molecule has 96 valence electrons. The monoisotopic (exact) mass is 246 g/mol. The Kier molecular flexibility index (Phi) is 2.74. The molecule has 0 aliphatic carbocycles. The lowest BCUT2D eigenvalue weighted by atomic mass is 9.88. The van der Waals surface area contributed by atoms with E-state index in [0.717, 1.165) is 19.5 Å². The van der Waals surface area contributed by atoms with Crippen molar-refractivity contribution in [1.82, 2.24) is 5.32 Å². The molecule has 0 spiro atoms. The minimum atomic E-state index is -0.692. The molecule has 4 heteroatoms. The number of carboxylic acids is 1. The quantitative estimate of drug-likeness (QED) is 0.819. The van der Waals surface area contributed by atoms with Crippen molar-refractivity contribution in [3.63, 3.8) is 0 Å². The smallest absolute Gasteiger partial charge is 0.308 e. The van der Waals surface area contributed by atoms with Crippen LogP contribution in [0.2, 0.25) is 0 Å². The molecule has 1 aromatic carbocycles. The molecule has 2 aliphatic rings. The maximum atomic E-state index is 11.2. The van der Waals surface area contributed by atoms with Crippen LogP contribution < -0.4 is 10.2 Å². The topological polar surface area (TPSA) is 52.6 Å². The first-order chi connectivity index (χ1) is 8.66. The lowest BCUT2D eigenvalue weighted by Crippen LogP contribution is -2.21. The fraction of sp³-hybridized carbons (Fsp3) is 0.500. The van der Waals surface area contributed by atoms with Crippen LogP contribution in [0, 0.1) is 5.92 Å². The van der Waals surface area contributed by atoms with Gasteiger partial charge in [0.1, 0.15) is 0 Å². The number of fused-ring (bicyclic) bond motifs is 1. The molecule has 18 heavy (non-hydrogen) atoms. The highest BCUT2D eigenvalue weighted by Gasteiger charge is 2.34. The Morgan fingerprint density at radius 2 is 2.28 bits per heavy atom. The molecule has 2 N–H and O–H groups in total. The lowest BCUT2D eigenvalue weighted by molar-refractivity contribution is -0.141. The van der Waals surface area contributed by atoms with Gasteiger partial charge in [0.15, 0.2) is 0 Å². The Balaban J connectivity index is 1.91. The summed E-state index contributed by atoms with van der Waals surface area (Å²) in [6, 6.07) is 6.43. The highest BCUT2D eigenvalue weighted by molar-refractivity contribution is 5.72. The van der Waals surface area contributed by atoms with Gasteiger partial charge in [-0.1, -0.05) is 12.1 Å². The summed E-state index contributed by atoms with van der Waals surface area (Å²) < 4.78 is 0. The number of rotatable bonds is 2. The Morgan fingerprint density at radius 1 is 1.44 bits per heavy atom. The minimum absolute atomic E-state index is 0.110. The van der Waals surface area contributed by atoms with E-state index in [4.69, 9.17) is 0 Å². The van der Waals surface area contributed by atoms with E-state index in [1.807, 2.05) is 0 Å². The molecule has 3 rings (SSSR count). The van der Waals surface area contributed by atoms with Gasteiger partial charge in [0.25, 0.3) is 0 Å². The molecule has 0 saturated carbocycles. The largest absolute Gasteiger partial charge is 0.481 e. The second kappa shape index (κ2) is 4.28. The van der Waals surface area contributed by atoms with Crippen molar-refractivity contribution in [2.24, 2.45) is 5.92 Å². The van der Waals surface area contributed by atoms with E-state index >= 15 is 0 Å². The van der Waals surface area contributed by atoms with Crippen LogP contribution in [-0.2, 0) is 11.2 Å². The molecule has 0 radical (unpaired) electrons. The standard InChI is InChI=1S/C14H18N2O2/c1-16-5-4-10-6-9(2-3-13(10)16)11-7-15-8-12(11)14(17)18/h2-3,6,11-12,15H,4-5,7-8H2,1H3,(H,17,18). The summed E-state index contributed by atoms with van der Waals surface area (Å²) in [6.45, 7) is 2.41. The van der Waals surface area contributed by atoms with Gasteiger partial charge >= 0.3 is 5.97 Å². The van der Waals surface area contributed by atoms with Gasteiger partial charge in [0.2, 0.25) is 0 Å². The lowest BCUT2D eigenvalue weighted by Gasteiger charge is -2.17. The van der Waals surface area contributed by atoms with Gasteiger partial charge < -0.3 is 15.3 Å². The van der Waals surface area contributed by atoms with E-state index in [-0.39, 0.29) is 11.8 Å². The van der Waals surface area contributed by atoms with Crippen molar-refractivity contribution in [3.8, 4) is 0 Å². The third-order valence-corrected chi connectivity index (χ3v) is 4.19. The first-order valence-corrected chi connectivity index (χ1v) is 6.44. The second-order valence-corrected chi connectivity index (χ2v) is 5.27. The maximum absolute atomic E-state index is 11.2. The summed E-state index contributed by atoms with van der Waals surface area (Å²) in [5, 5.41) is 12.4. The Labute approximate surface area is 107 Å². The predicted molar refractivity (Wildman–Crippen MR) is 70.2 cm³/mol. The van der Waals surface area contributed by atoms with Crippen LogP contribution in [0.15, 0.2) is 18.2 Å². The number of anilines is 1. The summed E-state index contributed by atoms with van der Waals surface area (Å²) in [5.74, 6) is -0.872. The van der Waals surface area contributed by atoms with Crippen molar-refractivity contribution >= 4 is 11.7 Å². The number of carboxylic acid groups (broad SMARTS) is 1. The van der Waals surface area contributed by atoms with Gasteiger partial charge in [-0.15, -0.1) is 0 Å². The van der Waals surface area contributed by atoms with Crippen LogP contribution in [0.5, 0.6) is 0 Å². The van der Waals surface area contributed by atoms with E-state index in [0.29, 0.717) is 6.54 Å². The summed E-state index contributed by atoms with van der Waals surface area (Å²) in [7, 11) is 2.10. The molecule has 0 bridgehead atoms. The van der Waals surface area contributed by atoms with Crippen LogP contribution >= 0.6 is 0 Å². The van der Waals surface area contributed by atoms with E-state index in [1.165, 1.54) is 16.8 Å². The Morgan fingerprint density at radius 3 is 3.06 bits per heavy atom. The first-order valence-electron chi connectivity index (χ1n) is 6.44. The molecule has 0 aromatic heterocycles. The van der Waals surface area contributed by atoms with E-state index < -0.39 is 5.97 Å². The Bertz CT molecular complexity index is 487. The first kappa shape index (κ1) is 11.5. The zero-order chi connectivity index (χ0) is 12.7. The zero-order valence-corrected chi connectivity index (χ0v) is 10.5. The molecule has 4 nitrogen and oxygen atoms in total. The molecule has 2 atom stereocenters. The molecular weight excluding hydrogens is 228 g/mol. The van der Waals surface area contributed by atoms with Crippen LogP contribution in [-0.4, -0.2) is 37.8 Å². The summed E-state index contributed by atoms with van der Waals surface area (Å²) in [6.07, 6.45) is 1.07. The third-order valence-electron chi connectivity index (χ3n) is 4.19. The maximum Gasteiger partial charge on any atom is 0.308 e. The summed E-state index contributed by atoms with van der Waals surface area (Å²) in [5.41, 5.74) is 3.81. The Hall–Kier alpha value is -1.55. The van der Waals surface area contributed by atoms with Gasteiger partial charge in [-0.05, 0) is 23.6 Å². The van der Waals surface area contributed by atoms with E-state index in [1.54, 1.807) is 0 Å². The molecule has 1 saturated heterocycles. The fourth-order valence-electron chi connectivity index (χ4n) is 3.11. The van der Waals surface area contributed by atoms with Crippen LogP contribution in [0.4, 0.5) is 5.69 Å². The van der Waals surface area contributed by atoms with Crippen LogP contribution in [0.3, 0.4) is 0 Å². The fourth-order valence-corrected chi connectivity index (χ4v) is 3.11. The predicted octanol–water partition coefficient (Wildman–Crippen LogP) is 1.07. The molecule has 0 amide bonds.